The quantitative estimate of drug-likeness (QED) is 0.640. The van der Waals surface area contributed by atoms with E-state index in [1.54, 1.807) is 6.92 Å². The molecule has 0 radical (unpaired) electrons. The van der Waals surface area contributed by atoms with E-state index in [2.05, 4.69) is 15.4 Å². The smallest absolute Gasteiger partial charge is 0.272 e. The molecule has 0 aliphatic carbocycles. The van der Waals surface area contributed by atoms with Crippen molar-refractivity contribution in [3.05, 3.63) is 11.4 Å². The molecule has 0 atom stereocenters. The Balaban J connectivity index is 3.15. The minimum atomic E-state index is -2.55. The molecule has 5 nitrogen and oxygen atoms in total. The minimum Gasteiger partial charge on any atom is -0.471 e. The molecule has 0 aromatic carbocycles. The number of hydrogen-bond acceptors (Lipinski definition) is 5. The van der Waals surface area contributed by atoms with Crippen LogP contribution in [0.4, 0.5) is 14.6 Å². The lowest BCUT2D eigenvalue weighted by Crippen LogP contribution is -2.21. The van der Waals surface area contributed by atoms with Gasteiger partial charge in [0, 0.05) is 5.41 Å². The maximum atomic E-state index is 12.2. The van der Waals surface area contributed by atoms with Gasteiger partial charge in [0.25, 0.3) is 6.43 Å². The van der Waals surface area contributed by atoms with Gasteiger partial charge in [-0.05, 0) is 6.92 Å². The summed E-state index contributed by atoms with van der Waals surface area (Å²) in [6.45, 7) is 6.69. The summed E-state index contributed by atoms with van der Waals surface area (Å²) in [7, 11) is 0. The second-order valence-electron chi connectivity index (χ2n) is 4.92. The summed E-state index contributed by atoms with van der Waals surface area (Å²) >= 11 is 0. The van der Waals surface area contributed by atoms with Gasteiger partial charge in [0.05, 0.1) is 5.56 Å². The number of ether oxygens (including phenoxy) is 1. The topological polar surface area (TPSA) is 73.1 Å². The average molecular weight is 260 g/mol. The summed E-state index contributed by atoms with van der Waals surface area (Å²) in [6.07, 6.45) is -2.55. The Morgan fingerprint density at radius 2 is 1.94 bits per heavy atom. The number of nitrogens with one attached hydrogen (secondary N) is 1. The number of rotatable bonds is 4. The van der Waals surface area contributed by atoms with Crippen molar-refractivity contribution in [3.8, 4) is 5.88 Å². The summed E-state index contributed by atoms with van der Waals surface area (Å²) in [5.74, 6) is 6.32. The van der Waals surface area contributed by atoms with E-state index in [4.69, 9.17) is 10.6 Å². The Hall–Kier alpha value is -1.50. The Bertz CT molecular complexity index is 418. The van der Waals surface area contributed by atoms with Crippen LogP contribution in [0.3, 0.4) is 0 Å². The third kappa shape index (κ3) is 3.49. The predicted octanol–water partition coefficient (Wildman–Crippen LogP) is 2.01. The van der Waals surface area contributed by atoms with Crippen molar-refractivity contribution in [2.24, 2.45) is 5.84 Å². The molecule has 1 rings (SSSR count). The first-order valence-corrected chi connectivity index (χ1v) is 5.52. The SMILES string of the molecule is Cc1c(NN)nc(C(C)(C)C)nc1OCC(F)F. The Labute approximate surface area is 105 Å². The van der Waals surface area contributed by atoms with Crippen molar-refractivity contribution in [2.45, 2.75) is 39.5 Å². The van der Waals surface area contributed by atoms with Crippen molar-refractivity contribution in [1.29, 1.82) is 0 Å². The fraction of sp³-hybridized carbons (Fsp3) is 0.636. The van der Waals surface area contributed by atoms with Crippen LogP contribution in [0.5, 0.6) is 5.88 Å². The molecule has 1 heterocycles. The third-order valence-corrected chi connectivity index (χ3v) is 2.25. The summed E-state index contributed by atoms with van der Waals surface area (Å²) in [5.41, 5.74) is 2.59. The summed E-state index contributed by atoms with van der Waals surface area (Å²) in [4.78, 5) is 8.40. The zero-order valence-corrected chi connectivity index (χ0v) is 10.9. The fourth-order valence-corrected chi connectivity index (χ4v) is 1.25. The second kappa shape index (κ2) is 5.43. The molecule has 0 saturated carbocycles. The van der Waals surface area contributed by atoms with E-state index in [-0.39, 0.29) is 11.3 Å². The van der Waals surface area contributed by atoms with Crippen LogP contribution < -0.4 is 16.0 Å². The number of alkyl halides is 2. The average Bonchev–Trinajstić information content (AvgIpc) is 2.26. The molecule has 0 bridgehead atoms. The molecule has 102 valence electrons. The number of halogens is 2. The largest absolute Gasteiger partial charge is 0.471 e. The van der Waals surface area contributed by atoms with Gasteiger partial charge in [0.15, 0.2) is 12.4 Å². The van der Waals surface area contributed by atoms with E-state index in [9.17, 15) is 8.78 Å². The van der Waals surface area contributed by atoms with Gasteiger partial charge in [-0.25, -0.2) is 19.6 Å². The standard InChI is InChI=1S/C11H18F2N4O/c1-6-8(17-14)15-10(11(2,3)4)16-9(6)18-5-7(12)13/h7H,5,14H2,1-4H3,(H,15,16,17). The highest BCUT2D eigenvalue weighted by Gasteiger charge is 2.22. The first-order valence-electron chi connectivity index (χ1n) is 5.52. The zero-order chi connectivity index (χ0) is 13.9. The monoisotopic (exact) mass is 260 g/mol. The Morgan fingerprint density at radius 1 is 1.33 bits per heavy atom. The lowest BCUT2D eigenvalue weighted by molar-refractivity contribution is 0.0789. The molecule has 18 heavy (non-hydrogen) atoms. The molecule has 1 aromatic rings. The van der Waals surface area contributed by atoms with Gasteiger partial charge in [-0.3, -0.25) is 0 Å². The van der Waals surface area contributed by atoms with Crippen molar-refractivity contribution < 1.29 is 13.5 Å². The second-order valence-corrected chi connectivity index (χ2v) is 4.92. The predicted molar refractivity (Wildman–Crippen MR) is 64.8 cm³/mol. The molecule has 3 N–H and O–H groups in total. The molecule has 7 heteroatoms. The molecular formula is C11H18F2N4O. The van der Waals surface area contributed by atoms with E-state index in [1.165, 1.54) is 0 Å². The Kier molecular flexibility index (Phi) is 4.39. The van der Waals surface area contributed by atoms with E-state index >= 15 is 0 Å². The highest BCUT2D eigenvalue weighted by atomic mass is 19.3. The van der Waals surface area contributed by atoms with Crippen LogP contribution in [0.25, 0.3) is 0 Å². The van der Waals surface area contributed by atoms with Gasteiger partial charge >= 0.3 is 0 Å². The lowest BCUT2D eigenvalue weighted by atomic mass is 9.95. The summed E-state index contributed by atoms with van der Waals surface area (Å²) in [6, 6.07) is 0. The van der Waals surface area contributed by atoms with Crippen molar-refractivity contribution in [1.82, 2.24) is 9.97 Å². The molecule has 0 spiro atoms. The van der Waals surface area contributed by atoms with Gasteiger partial charge < -0.3 is 10.2 Å². The Morgan fingerprint density at radius 3 is 2.39 bits per heavy atom. The van der Waals surface area contributed by atoms with Crippen LogP contribution in [0.1, 0.15) is 32.2 Å². The molecule has 0 aliphatic rings. The van der Waals surface area contributed by atoms with Gasteiger partial charge in [0.1, 0.15) is 5.82 Å². The van der Waals surface area contributed by atoms with Crippen LogP contribution in [0.15, 0.2) is 0 Å². The molecule has 1 aromatic heterocycles. The first-order chi connectivity index (χ1) is 8.25. The number of anilines is 1. The lowest BCUT2D eigenvalue weighted by Gasteiger charge is -2.20. The van der Waals surface area contributed by atoms with Crippen molar-refractivity contribution in [2.75, 3.05) is 12.0 Å². The number of hydrogen-bond donors (Lipinski definition) is 2. The fourth-order valence-electron chi connectivity index (χ4n) is 1.25. The third-order valence-electron chi connectivity index (χ3n) is 2.25. The van der Waals surface area contributed by atoms with Gasteiger partial charge in [-0.2, -0.15) is 4.98 Å². The van der Waals surface area contributed by atoms with Gasteiger partial charge in [-0.1, -0.05) is 20.8 Å². The number of aromatic nitrogens is 2. The first kappa shape index (κ1) is 14.6. The van der Waals surface area contributed by atoms with E-state index < -0.39 is 13.0 Å². The van der Waals surface area contributed by atoms with Crippen LogP contribution >= 0.6 is 0 Å². The highest BCUT2D eigenvalue weighted by Crippen LogP contribution is 2.27. The molecular weight excluding hydrogens is 242 g/mol. The molecule has 0 aliphatic heterocycles. The summed E-state index contributed by atoms with van der Waals surface area (Å²) < 4.78 is 29.3. The number of nitrogen functional groups attached to an aromatic ring is 1. The molecule has 0 fully saturated rings. The molecule has 0 unspecified atom stereocenters. The normalized spacial score (nSPS) is 11.8. The van der Waals surface area contributed by atoms with Crippen LogP contribution in [0.2, 0.25) is 0 Å². The van der Waals surface area contributed by atoms with Crippen molar-refractivity contribution in [3.63, 3.8) is 0 Å². The molecule has 0 saturated heterocycles. The number of nitrogens with zero attached hydrogens (tertiary/aromatic N) is 2. The zero-order valence-electron chi connectivity index (χ0n) is 10.9. The molecule has 0 amide bonds. The van der Waals surface area contributed by atoms with Crippen molar-refractivity contribution >= 4 is 5.82 Å². The van der Waals surface area contributed by atoms with E-state index in [0.29, 0.717) is 17.2 Å². The minimum absolute atomic E-state index is 0.128. The maximum Gasteiger partial charge on any atom is 0.272 e. The summed E-state index contributed by atoms with van der Waals surface area (Å²) in [5, 5.41) is 0. The number of hydrazine groups is 1. The van der Waals surface area contributed by atoms with Gasteiger partial charge in [-0.15, -0.1) is 0 Å². The maximum absolute atomic E-state index is 12.2. The van der Waals surface area contributed by atoms with Crippen LogP contribution in [-0.2, 0) is 5.41 Å². The van der Waals surface area contributed by atoms with Gasteiger partial charge in [0.2, 0.25) is 5.88 Å². The van der Waals surface area contributed by atoms with Crippen LogP contribution in [-0.4, -0.2) is 23.0 Å². The number of nitrogens with two attached hydrogens (primary N) is 1. The highest BCUT2D eigenvalue weighted by molar-refractivity contribution is 5.48. The van der Waals surface area contributed by atoms with E-state index in [0.717, 1.165) is 0 Å². The van der Waals surface area contributed by atoms with Crippen LogP contribution in [0, 0.1) is 6.92 Å². The van der Waals surface area contributed by atoms with E-state index in [1.807, 2.05) is 20.8 Å².